The van der Waals surface area contributed by atoms with E-state index in [4.69, 9.17) is 26.4 Å². The topological polar surface area (TPSA) is 65.1 Å². The van der Waals surface area contributed by atoms with E-state index >= 15 is 0 Å². The van der Waals surface area contributed by atoms with Crippen LogP contribution in [0.2, 0.25) is 0 Å². The third-order valence-corrected chi connectivity index (χ3v) is 7.35. The monoisotopic (exact) mass is 597 g/mol. The summed E-state index contributed by atoms with van der Waals surface area (Å²) in [6.07, 6.45) is 1.74. The molecule has 1 saturated heterocycles. The Morgan fingerprint density at radius 2 is 1.78 bits per heavy atom. The summed E-state index contributed by atoms with van der Waals surface area (Å²) in [5.41, 5.74) is 2.39. The molecule has 0 saturated carbocycles. The van der Waals surface area contributed by atoms with Crippen molar-refractivity contribution in [3.8, 4) is 11.5 Å². The van der Waals surface area contributed by atoms with Crippen LogP contribution >= 0.6 is 39.9 Å². The van der Waals surface area contributed by atoms with Gasteiger partial charge in [-0.2, -0.15) is 0 Å². The number of carbonyl (C=O) groups excluding carboxylic acids is 2. The summed E-state index contributed by atoms with van der Waals surface area (Å²) in [6, 6.07) is 21.4. The second-order valence-corrected chi connectivity index (χ2v) is 10.5. The molecule has 1 aliphatic heterocycles. The van der Waals surface area contributed by atoms with E-state index in [1.54, 1.807) is 30.3 Å². The molecule has 37 heavy (non-hydrogen) atoms. The summed E-state index contributed by atoms with van der Waals surface area (Å²) in [5, 5.41) is 0. The average Bonchev–Trinajstić information content (AvgIpc) is 3.18. The van der Waals surface area contributed by atoms with Crippen molar-refractivity contribution in [2.24, 2.45) is 0 Å². The van der Waals surface area contributed by atoms with E-state index in [0.717, 1.165) is 27.4 Å². The van der Waals surface area contributed by atoms with Gasteiger partial charge in [0, 0.05) is 4.47 Å². The Balaban J connectivity index is 1.57. The highest BCUT2D eigenvalue weighted by Crippen LogP contribution is 2.39. The summed E-state index contributed by atoms with van der Waals surface area (Å²) in [5.74, 6) is 0.252. The fraction of sp³-hybridized carbons (Fsp3) is 0.179. The first-order valence-corrected chi connectivity index (χ1v) is 13.5. The Morgan fingerprint density at radius 3 is 2.46 bits per heavy atom. The van der Waals surface area contributed by atoms with Crippen LogP contribution in [-0.4, -0.2) is 34.8 Å². The summed E-state index contributed by atoms with van der Waals surface area (Å²) < 4.78 is 18.1. The predicted octanol–water partition coefficient (Wildman–Crippen LogP) is 6.54. The molecule has 0 aliphatic carbocycles. The van der Waals surface area contributed by atoms with Gasteiger partial charge >= 0.3 is 5.97 Å². The van der Waals surface area contributed by atoms with Gasteiger partial charge in [-0.25, -0.2) is 4.79 Å². The van der Waals surface area contributed by atoms with Crippen molar-refractivity contribution in [1.29, 1.82) is 0 Å². The number of hydrogen-bond acceptors (Lipinski definition) is 7. The number of rotatable bonds is 9. The van der Waals surface area contributed by atoms with Crippen molar-refractivity contribution >= 4 is 62.2 Å². The molecule has 1 atom stereocenters. The Morgan fingerprint density at radius 1 is 1.05 bits per heavy atom. The summed E-state index contributed by atoms with van der Waals surface area (Å²) in [4.78, 5) is 27.8. The van der Waals surface area contributed by atoms with Crippen molar-refractivity contribution in [2.45, 2.75) is 19.6 Å². The van der Waals surface area contributed by atoms with Crippen molar-refractivity contribution in [3.05, 3.63) is 98.9 Å². The molecule has 9 heteroatoms. The second-order valence-electron chi connectivity index (χ2n) is 7.94. The smallest absolute Gasteiger partial charge is 0.333 e. The van der Waals surface area contributed by atoms with Gasteiger partial charge in [-0.1, -0.05) is 88.4 Å². The standard InChI is InChI=1S/C28H24BrNO5S2/c1-3-34-23-15-19(11-14-22(23)35-17-18-9-12-21(29)13-10-18)16-24-26(31)30(28(36)37-24)25(27(32)33-2)20-7-5-4-6-8-20/h4-16,25H,3,17H2,1-2H3/b24-16+. The van der Waals surface area contributed by atoms with E-state index in [-0.39, 0.29) is 10.2 Å². The number of hydrogen-bond donors (Lipinski definition) is 0. The summed E-state index contributed by atoms with van der Waals surface area (Å²) >= 11 is 10.1. The Bertz CT molecular complexity index is 1330. The molecule has 1 heterocycles. The van der Waals surface area contributed by atoms with Crippen LogP contribution < -0.4 is 9.47 Å². The molecule has 3 aromatic carbocycles. The molecule has 1 amide bonds. The first-order valence-electron chi connectivity index (χ1n) is 11.4. The third-order valence-electron chi connectivity index (χ3n) is 5.49. The zero-order valence-corrected chi connectivity index (χ0v) is 23.4. The lowest BCUT2D eigenvalue weighted by molar-refractivity contribution is -0.148. The highest BCUT2D eigenvalue weighted by molar-refractivity contribution is 9.10. The van der Waals surface area contributed by atoms with Crippen LogP contribution in [0.3, 0.4) is 0 Å². The molecular formula is C28H24BrNO5S2. The summed E-state index contributed by atoms with van der Waals surface area (Å²) in [6.45, 7) is 2.74. The quantitative estimate of drug-likeness (QED) is 0.157. The molecule has 6 nitrogen and oxygen atoms in total. The number of ether oxygens (including phenoxy) is 3. The molecule has 190 valence electrons. The number of methoxy groups -OCH3 is 1. The molecule has 3 aromatic rings. The molecule has 0 radical (unpaired) electrons. The van der Waals surface area contributed by atoms with Gasteiger partial charge in [0.2, 0.25) is 0 Å². The number of carbonyl (C=O) groups is 2. The first-order chi connectivity index (χ1) is 17.9. The van der Waals surface area contributed by atoms with Gasteiger partial charge < -0.3 is 14.2 Å². The largest absolute Gasteiger partial charge is 0.490 e. The average molecular weight is 599 g/mol. The van der Waals surface area contributed by atoms with Gasteiger partial charge in [0.25, 0.3) is 5.91 Å². The summed E-state index contributed by atoms with van der Waals surface area (Å²) in [7, 11) is 1.29. The number of nitrogens with zero attached hydrogens (tertiary/aromatic N) is 1. The van der Waals surface area contributed by atoms with Crippen LogP contribution in [0.4, 0.5) is 0 Å². The molecule has 0 bridgehead atoms. The molecule has 1 aliphatic rings. The first kappa shape index (κ1) is 26.9. The maximum Gasteiger partial charge on any atom is 0.333 e. The highest BCUT2D eigenvalue weighted by atomic mass is 79.9. The van der Waals surface area contributed by atoms with Gasteiger partial charge in [0.05, 0.1) is 18.6 Å². The van der Waals surface area contributed by atoms with Gasteiger partial charge in [0.15, 0.2) is 17.5 Å². The van der Waals surface area contributed by atoms with Crippen LogP contribution in [-0.2, 0) is 20.9 Å². The van der Waals surface area contributed by atoms with Crippen LogP contribution in [0.1, 0.15) is 29.7 Å². The molecule has 0 spiro atoms. The number of thioether (sulfide) groups is 1. The maximum absolute atomic E-state index is 13.4. The van der Waals surface area contributed by atoms with Crippen LogP contribution in [0, 0.1) is 0 Å². The number of thiocarbonyl (C=S) groups is 1. The lowest BCUT2D eigenvalue weighted by Crippen LogP contribution is -2.37. The minimum absolute atomic E-state index is 0.287. The molecule has 1 fully saturated rings. The lowest BCUT2D eigenvalue weighted by Gasteiger charge is -2.24. The van der Waals surface area contributed by atoms with E-state index < -0.39 is 12.0 Å². The lowest BCUT2D eigenvalue weighted by atomic mass is 10.1. The van der Waals surface area contributed by atoms with E-state index in [2.05, 4.69) is 15.9 Å². The van der Waals surface area contributed by atoms with Gasteiger partial charge in [-0.15, -0.1) is 0 Å². The van der Waals surface area contributed by atoms with Crippen LogP contribution in [0.5, 0.6) is 11.5 Å². The van der Waals surface area contributed by atoms with Crippen molar-refractivity contribution in [1.82, 2.24) is 4.90 Å². The van der Waals surface area contributed by atoms with Gasteiger partial charge in [-0.3, -0.25) is 9.69 Å². The van der Waals surface area contributed by atoms with E-state index in [1.807, 2.05) is 55.5 Å². The zero-order chi connectivity index (χ0) is 26.4. The second kappa shape index (κ2) is 12.4. The number of benzene rings is 3. The Kier molecular flexibility index (Phi) is 9.02. The van der Waals surface area contributed by atoms with E-state index in [9.17, 15) is 9.59 Å². The van der Waals surface area contributed by atoms with E-state index in [1.165, 1.54) is 12.0 Å². The minimum atomic E-state index is -0.960. The van der Waals surface area contributed by atoms with Crippen LogP contribution in [0.25, 0.3) is 6.08 Å². The van der Waals surface area contributed by atoms with Crippen LogP contribution in [0.15, 0.2) is 82.2 Å². The predicted molar refractivity (Wildman–Crippen MR) is 152 cm³/mol. The number of halogens is 1. The molecular weight excluding hydrogens is 574 g/mol. The SMILES string of the molecule is CCOc1cc(/C=C2/SC(=S)N(C(C(=O)OC)c3ccccc3)C2=O)ccc1OCc1ccc(Br)cc1. The fourth-order valence-electron chi connectivity index (χ4n) is 3.73. The normalized spacial score (nSPS) is 15.1. The number of esters is 1. The third kappa shape index (κ3) is 6.41. The fourth-order valence-corrected chi connectivity index (χ4v) is 5.31. The van der Waals surface area contributed by atoms with Gasteiger partial charge in [-0.05, 0) is 54.0 Å². The molecule has 0 aromatic heterocycles. The Labute approximate surface area is 233 Å². The molecule has 1 unspecified atom stereocenters. The molecule has 0 N–H and O–H groups in total. The number of amides is 1. The van der Waals surface area contributed by atoms with Crippen molar-refractivity contribution in [3.63, 3.8) is 0 Å². The van der Waals surface area contributed by atoms with Gasteiger partial charge in [0.1, 0.15) is 10.9 Å². The van der Waals surface area contributed by atoms with Crippen molar-refractivity contribution < 1.29 is 23.8 Å². The Hall–Kier alpha value is -3.14. The highest BCUT2D eigenvalue weighted by Gasteiger charge is 2.41. The minimum Gasteiger partial charge on any atom is -0.490 e. The molecule has 4 rings (SSSR count). The zero-order valence-electron chi connectivity index (χ0n) is 20.2. The van der Waals surface area contributed by atoms with Crippen molar-refractivity contribution in [2.75, 3.05) is 13.7 Å². The van der Waals surface area contributed by atoms with E-state index in [0.29, 0.717) is 35.2 Å². The maximum atomic E-state index is 13.4.